The molecule has 0 aliphatic heterocycles. The van der Waals surface area contributed by atoms with Gasteiger partial charge in [0.15, 0.2) is 4.84 Å². The summed E-state index contributed by atoms with van der Waals surface area (Å²) in [4.78, 5) is -1.31. The Morgan fingerprint density at radius 1 is 1.50 bits per heavy atom. The Balaban J connectivity index is 2.99. The molecule has 0 heterocycles. The molecule has 6 heavy (non-hydrogen) atoms. The molecule has 0 aromatic carbocycles. The Morgan fingerprint density at radius 3 is 1.67 bits per heavy atom. The van der Waals surface area contributed by atoms with Crippen molar-refractivity contribution in [2.24, 2.45) is 0 Å². The van der Waals surface area contributed by atoms with E-state index < -0.39 is 11.2 Å². The Morgan fingerprint density at radius 2 is 1.67 bits per heavy atom. The number of alkyl halides is 3. The largest absolute Gasteiger partial charge is 0.362 e. The van der Waals surface area contributed by atoms with Crippen molar-refractivity contribution in [2.75, 3.05) is 0 Å². The molecular formula is C2H3Cl2FO. The van der Waals surface area contributed by atoms with Gasteiger partial charge in [0.05, 0.1) is 0 Å². The summed E-state index contributed by atoms with van der Waals surface area (Å²) < 4.78 is 11.1. The zero-order valence-corrected chi connectivity index (χ0v) is 4.25. The lowest BCUT2D eigenvalue weighted by Gasteiger charge is -1.95. The second kappa shape index (κ2) is 2.61. The second-order valence-electron chi connectivity index (χ2n) is 0.707. The van der Waals surface area contributed by atoms with Gasteiger partial charge in [0, 0.05) is 0 Å². The highest BCUT2D eigenvalue weighted by molar-refractivity contribution is 6.44. The smallest absolute Gasteiger partial charge is 0.226 e. The van der Waals surface area contributed by atoms with Gasteiger partial charge >= 0.3 is 0 Å². The van der Waals surface area contributed by atoms with Crippen molar-refractivity contribution in [3.05, 3.63) is 0 Å². The van der Waals surface area contributed by atoms with Crippen molar-refractivity contribution in [1.82, 2.24) is 0 Å². The highest BCUT2D eigenvalue weighted by Crippen LogP contribution is 2.06. The lowest BCUT2D eigenvalue weighted by Crippen LogP contribution is -2.06. The Kier molecular flexibility index (Phi) is 2.82. The predicted octanol–water partition coefficient (Wildman–Crippen LogP) is 1.08. The average Bonchev–Trinajstić information content (AvgIpc) is 1.36. The van der Waals surface area contributed by atoms with Crippen LogP contribution >= 0.6 is 23.2 Å². The molecule has 1 atom stereocenters. The van der Waals surface area contributed by atoms with E-state index >= 15 is 0 Å². The fraction of sp³-hybridized carbons (Fsp3) is 1.00. The van der Waals surface area contributed by atoms with Crippen LogP contribution in [0, 0.1) is 0 Å². The summed E-state index contributed by atoms with van der Waals surface area (Å²) in [6, 6.07) is 0. The standard InChI is InChI=1S/C2H3Cl2FO/c3-1(4)2(5)6/h1-2,6H. The Labute approximate surface area is 44.7 Å². The van der Waals surface area contributed by atoms with Gasteiger partial charge in [-0.2, -0.15) is 0 Å². The van der Waals surface area contributed by atoms with Crippen LogP contribution < -0.4 is 0 Å². The van der Waals surface area contributed by atoms with Crippen LogP contribution in [0.4, 0.5) is 4.39 Å². The summed E-state index contributed by atoms with van der Waals surface area (Å²) in [6.45, 7) is 0. The number of hydrogen-bond acceptors (Lipinski definition) is 1. The number of aliphatic hydroxyl groups is 1. The summed E-state index contributed by atoms with van der Waals surface area (Å²) in [6.07, 6.45) is -2.12. The topological polar surface area (TPSA) is 20.2 Å². The molecule has 0 bridgehead atoms. The maximum atomic E-state index is 11.1. The molecule has 1 N–H and O–H groups in total. The van der Waals surface area contributed by atoms with E-state index in [1.807, 2.05) is 0 Å². The normalized spacial score (nSPS) is 15.5. The van der Waals surface area contributed by atoms with Crippen LogP contribution in [0.15, 0.2) is 0 Å². The number of hydrogen-bond donors (Lipinski definition) is 1. The summed E-state index contributed by atoms with van der Waals surface area (Å²) in [5, 5.41) is 7.70. The van der Waals surface area contributed by atoms with Crippen LogP contribution in [0.3, 0.4) is 0 Å². The molecule has 0 aromatic heterocycles. The van der Waals surface area contributed by atoms with Gasteiger partial charge < -0.3 is 5.11 Å². The van der Waals surface area contributed by atoms with E-state index in [0.29, 0.717) is 0 Å². The molecule has 0 saturated heterocycles. The summed E-state index contributed by atoms with van der Waals surface area (Å²) in [7, 11) is 0. The van der Waals surface area contributed by atoms with E-state index in [-0.39, 0.29) is 0 Å². The lowest BCUT2D eigenvalue weighted by atomic mass is 10.8. The van der Waals surface area contributed by atoms with Gasteiger partial charge in [0.25, 0.3) is 0 Å². The quantitative estimate of drug-likeness (QED) is 0.530. The first-order chi connectivity index (χ1) is 2.64. The molecule has 1 unspecified atom stereocenters. The third kappa shape index (κ3) is 2.69. The van der Waals surface area contributed by atoms with Crippen molar-refractivity contribution in [1.29, 1.82) is 0 Å². The molecule has 0 radical (unpaired) electrons. The molecular weight excluding hydrogens is 130 g/mol. The van der Waals surface area contributed by atoms with E-state index in [2.05, 4.69) is 0 Å². The molecule has 0 saturated carbocycles. The molecule has 0 rings (SSSR count). The third-order valence-corrected chi connectivity index (χ3v) is 0.624. The van der Waals surface area contributed by atoms with Crippen LogP contribution in [0.25, 0.3) is 0 Å². The van der Waals surface area contributed by atoms with Gasteiger partial charge in [-0.1, -0.05) is 23.2 Å². The number of aliphatic hydroxyl groups excluding tert-OH is 1. The average molecular weight is 133 g/mol. The molecule has 1 nitrogen and oxygen atoms in total. The van der Waals surface area contributed by atoms with Crippen LogP contribution in [0.2, 0.25) is 0 Å². The van der Waals surface area contributed by atoms with E-state index in [4.69, 9.17) is 28.3 Å². The van der Waals surface area contributed by atoms with Gasteiger partial charge in [0.2, 0.25) is 6.36 Å². The highest BCUT2D eigenvalue weighted by atomic mass is 35.5. The van der Waals surface area contributed by atoms with Crippen molar-refractivity contribution in [2.45, 2.75) is 11.2 Å². The zero-order valence-electron chi connectivity index (χ0n) is 2.74. The summed E-state index contributed by atoms with van der Waals surface area (Å²) in [5.41, 5.74) is 0. The minimum Gasteiger partial charge on any atom is -0.362 e. The molecule has 0 amide bonds. The van der Waals surface area contributed by atoms with Crippen molar-refractivity contribution >= 4 is 23.2 Å². The molecule has 0 aliphatic rings. The molecule has 38 valence electrons. The monoisotopic (exact) mass is 132 g/mol. The van der Waals surface area contributed by atoms with Gasteiger partial charge in [-0.3, -0.25) is 0 Å². The molecule has 0 aliphatic carbocycles. The molecule has 4 heteroatoms. The first-order valence-corrected chi connectivity index (χ1v) is 2.12. The maximum absolute atomic E-state index is 11.1. The number of rotatable bonds is 1. The van der Waals surface area contributed by atoms with E-state index in [0.717, 1.165) is 0 Å². The van der Waals surface area contributed by atoms with E-state index in [1.54, 1.807) is 0 Å². The molecule has 0 spiro atoms. The van der Waals surface area contributed by atoms with Crippen LogP contribution in [0.5, 0.6) is 0 Å². The lowest BCUT2D eigenvalue weighted by molar-refractivity contribution is 0.0552. The van der Waals surface area contributed by atoms with Crippen molar-refractivity contribution in [3.8, 4) is 0 Å². The number of halogens is 3. The third-order valence-electron chi connectivity index (χ3n) is 0.208. The fourth-order valence-corrected chi connectivity index (χ4v) is 0. The first kappa shape index (κ1) is 6.47. The van der Waals surface area contributed by atoms with Crippen LogP contribution in [-0.4, -0.2) is 16.3 Å². The first-order valence-electron chi connectivity index (χ1n) is 1.25. The van der Waals surface area contributed by atoms with E-state index in [9.17, 15) is 4.39 Å². The van der Waals surface area contributed by atoms with Gasteiger partial charge in [-0.05, 0) is 0 Å². The zero-order chi connectivity index (χ0) is 5.15. The SMILES string of the molecule is OC(F)C(Cl)Cl. The van der Waals surface area contributed by atoms with Gasteiger partial charge in [-0.25, -0.2) is 4.39 Å². The molecule has 0 fully saturated rings. The fourth-order valence-electron chi connectivity index (χ4n) is 0. The maximum Gasteiger partial charge on any atom is 0.226 e. The van der Waals surface area contributed by atoms with E-state index in [1.165, 1.54) is 0 Å². The molecule has 0 aromatic rings. The minimum atomic E-state index is -2.12. The van der Waals surface area contributed by atoms with Gasteiger partial charge in [0.1, 0.15) is 0 Å². The summed E-state index contributed by atoms with van der Waals surface area (Å²) >= 11 is 9.51. The summed E-state index contributed by atoms with van der Waals surface area (Å²) in [5.74, 6) is 0. The van der Waals surface area contributed by atoms with Crippen molar-refractivity contribution in [3.63, 3.8) is 0 Å². The highest BCUT2D eigenvalue weighted by Gasteiger charge is 2.08. The van der Waals surface area contributed by atoms with Crippen molar-refractivity contribution < 1.29 is 9.50 Å². The predicted molar refractivity (Wildman–Crippen MR) is 22.6 cm³/mol. The Hall–Kier alpha value is 0.470. The van der Waals surface area contributed by atoms with Crippen LogP contribution in [-0.2, 0) is 0 Å². The second-order valence-corrected chi connectivity index (χ2v) is 1.87. The van der Waals surface area contributed by atoms with Gasteiger partial charge in [-0.15, -0.1) is 0 Å². The minimum absolute atomic E-state index is 1.31. The Bertz CT molecular complexity index is 32.5. The van der Waals surface area contributed by atoms with Crippen LogP contribution in [0.1, 0.15) is 0 Å².